The molecule has 0 bridgehead atoms. The molecule has 2 aliphatic rings. The molecular weight excluding hydrogens is 280 g/mol. The van der Waals surface area contributed by atoms with Crippen molar-refractivity contribution < 1.29 is 14.3 Å². The summed E-state index contributed by atoms with van der Waals surface area (Å²) in [5.41, 5.74) is -0.0730. The molecule has 1 aromatic carbocycles. The van der Waals surface area contributed by atoms with Gasteiger partial charge in [0.05, 0.1) is 12.6 Å². The number of ether oxygens (including phenoxy) is 1. The summed E-state index contributed by atoms with van der Waals surface area (Å²) >= 11 is 0. The van der Waals surface area contributed by atoms with Gasteiger partial charge in [0.2, 0.25) is 0 Å². The van der Waals surface area contributed by atoms with E-state index in [2.05, 4.69) is 5.32 Å². The second-order valence-corrected chi connectivity index (χ2v) is 6.00. The molecular formula is C17H22N2O3. The minimum absolute atomic E-state index is 0.0251. The molecule has 2 atom stereocenters. The number of hydrogen-bond donors (Lipinski definition) is 1. The molecule has 5 heteroatoms. The van der Waals surface area contributed by atoms with E-state index in [9.17, 15) is 9.59 Å². The first-order valence-electron chi connectivity index (χ1n) is 7.98. The van der Waals surface area contributed by atoms with Crippen molar-refractivity contribution in [3.8, 4) is 0 Å². The average Bonchev–Trinajstić information content (AvgIpc) is 3.12. The van der Waals surface area contributed by atoms with E-state index in [1.807, 2.05) is 37.3 Å². The highest BCUT2D eigenvalue weighted by molar-refractivity contribution is 6.07. The Bertz CT molecular complexity index is 554. The Morgan fingerprint density at radius 2 is 2.09 bits per heavy atom. The van der Waals surface area contributed by atoms with Crippen LogP contribution in [0.2, 0.25) is 0 Å². The van der Waals surface area contributed by atoms with Gasteiger partial charge in [-0.2, -0.15) is 0 Å². The summed E-state index contributed by atoms with van der Waals surface area (Å²) in [6, 6.07) is 9.21. The summed E-state index contributed by atoms with van der Waals surface area (Å²) in [4.78, 5) is 26.7. The fourth-order valence-electron chi connectivity index (χ4n) is 3.39. The number of benzene rings is 1. The number of nitrogens with one attached hydrogen (secondary N) is 1. The molecule has 1 N–H and O–H groups in total. The number of imide groups is 1. The molecule has 0 aromatic heterocycles. The van der Waals surface area contributed by atoms with E-state index in [0.717, 1.165) is 24.8 Å². The van der Waals surface area contributed by atoms with Crippen LogP contribution in [0.3, 0.4) is 0 Å². The number of amides is 3. The highest BCUT2D eigenvalue weighted by atomic mass is 16.5. The van der Waals surface area contributed by atoms with Crippen LogP contribution in [0.25, 0.3) is 0 Å². The van der Waals surface area contributed by atoms with Crippen LogP contribution < -0.4 is 5.32 Å². The minimum atomic E-state index is -0.925. The lowest BCUT2D eigenvalue weighted by atomic mass is 9.85. The van der Waals surface area contributed by atoms with Crippen molar-refractivity contribution in [2.24, 2.45) is 0 Å². The fourth-order valence-corrected chi connectivity index (χ4v) is 3.39. The highest BCUT2D eigenvalue weighted by Gasteiger charge is 2.52. The molecule has 0 unspecified atom stereocenters. The maximum atomic E-state index is 13.0. The molecule has 22 heavy (non-hydrogen) atoms. The van der Waals surface area contributed by atoms with Crippen LogP contribution in [-0.2, 0) is 15.1 Å². The van der Waals surface area contributed by atoms with Crippen molar-refractivity contribution in [3.63, 3.8) is 0 Å². The standard InChI is InChI=1S/C17H22N2O3/c1-2-10-17(13-7-4-3-5-8-13)15(20)19(16(21)18-17)12-14-9-6-11-22-14/h3-5,7-8,14H,2,6,9-12H2,1H3,(H,18,21)/t14-,17+/m0/s1. The number of carbonyl (C=O) groups excluding carboxylic acids is 2. The van der Waals surface area contributed by atoms with Gasteiger partial charge in [-0.3, -0.25) is 9.69 Å². The molecule has 3 amide bonds. The Hall–Kier alpha value is -1.88. The number of nitrogens with zero attached hydrogens (tertiary/aromatic N) is 1. The van der Waals surface area contributed by atoms with Crippen molar-refractivity contribution >= 4 is 11.9 Å². The van der Waals surface area contributed by atoms with Crippen molar-refractivity contribution in [2.75, 3.05) is 13.2 Å². The predicted molar refractivity (Wildman–Crippen MR) is 82.2 cm³/mol. The van der Waals surface area contributed by atoms with Crippen LogP contribution >= 0.6 is 0 Å². The van der Waals surface area contributed by atoms with E-state index in [0.29, 0.717) is 19.6 Å². The summed E-state index contributed by atoms with van der Waals surface area (Å²) in [5, 5.41) is 2.94. The third-order valence-corrected chi connectivity index (χ3v) is 4.48. The molecule has 1 aromatic rings. The van der Waals surface area contributed by atoms with E-state index >= 15 is 0 Å². The van der Waals surface area contributed by atoms with Gasteiger partial charge >= 0.3 is 6.03 Å². The Morgan fingerprint density at radius 1 is 1.32 bits per heavy atom. The fraction of sp³-hybridized carbons (Fsp3) is 0.529. The van der Waals surface area contributed by atoms with Gasteiger partial charge in [0.1, 0.15) is 5.54 Å². The lowest BCUT2D eigenvalue weighted by molar-refractivity contribution is -0.133. The Balaban J connectivity index is 1.88. The Labute approximate surface area is 130 Å². The maximum absolute atomic E-state index is 13.0. The molecule has 5 nitrogen and oxygen atoms in total. The van der Waals surface area contributed by atoms with E-state index in [-0.39, 0.29) is 18.0 Å². The Kier molecular flexibility index (Phi) is 4.16. The molecule has 0 aliphatic carbocycles. The van der Waals surface area contributed by atoms with Crippen LogP contribution in [-0.4, -0.2) is 36.1 Å². The predicted octanol–water partition coefficient (Wildman–Crippen LogP) is 2.41. The van der Waals surface area contributed by atoms with Crippen molar-refractivity contribution in [3.05, 3.63) is 35.9 Å². The summed E-state index contributed by atoms with van der Waals surface area (Å²) in [7, 11) is 0. The largest absolute Gasteiger partial charge is 0.376 e. The summed E-state index contributed by atoms with van der Waals surface area (Å²) in [6.45, 7) is 3.09. The number of rotatable bonds is 5. The van der Waals surface area contributed by atoms with Gasteiger partial charge in [-0.15, -0.1) is 0 Å². The van der Waals surface area contributed by atoms with Crippen LogP contribution in [0, 0.1) is 0 Å². The van der Waals surface area contributed by atoms with Crippen molar-refractivity contribution in [1.29, 1.82) is 0 Å². The van der Waals surface area contributed by atoms with E-state index in [4.69, 9.17) is 4.74 Å². The highest BCUT2D eigenvalue weighted by Crippen LogP contribution is 2.34. The summed E-state index contributed by atoms with van der Waals surface area (Å²) in [5.74, 6) is -0.152. The van der Waals surface area contributed by atoms with Gasteiger partial charge in [0.15, 0.2) is 0 Å². The number of carbonyl (C=O) groups is 2. The normalized spacial score (nSPS) is 28.2. The number of hydrogen-bond acceptors (Lipinski definition) is 3. The topological polar surface area (TPSA) is 58.6 Å². The molecule has 118 valence electrons. The van der Waals surface area contributed by atoms with Crippen LogP contribution in [0.5, 0.6) is 0 Å². The van der Waals surface area contributed by atoms with E-state index in [1.54, 1.807) is 0 Å². The first-order chi connectivity index (χ1) is 10.7. The minimum Gasteiger partial charge on any atom is -0.376 e. The van der Waals surface area contributed by atoms with Crippen LogP contribution in [0.4, 0.5) is 4.79 Å². The molecule has 3 rings (SSSR count). The third-order valence-electron chi connectivity index (χ3n) is 4.48. The monoisotopic (exact) mass is 302 g/mol. The van der Waals surface area contributed by atoms with E-state index in [1.165, 1.54) is 4.90 Å². The Morgan fingerprint density at radius 3 is 2.73 bits per heavy atom. The zero-order valence-electron chi connectivity index (χ0n) is 12.9. The first kappa shape index (κ1) is 15.0. The molecule has 0 spiro atoms. The second kappa shape index (κ2) is 6.08. The van der Waals surface area contributed by atoms with Crippen molar-refractivity contribution in [2.45, 2.75) is 44.2 Å². The quantitative estimate of drug-likeness (QED) is 0.850. The van der Waals surface area contributed by atoms with Crippen molar-refractivity contribution in [1.82, 2.24) is 10.2 Å². The summed E-state index contributed by atoms with van der Waals surface area (Å²) < 4.78 is 5.57. The zero-order valence-corrected chi connectivity index (χ0v) is 12.9. The first-order valence-corrected chi connectivity index (χ1v) is 7.98. The van der Waals surface area contributed by atoms with Gasteiger partial charge in [-0.05, 0) is 24.8 Å². The summed E-state index contributed by atoms with van der Waals surface area (Å²) in [6.07, 6.45) is 3.29. The lowest BCUT2D eigenvalue weighted by Crippen LogP contribution is -2.44. The SMILES string of the molecule is CCC[C@]1(c2ccccc2)NC(=O)N(C[C@@H]2CCCO2)C1=O. The van der Waals surface area contributed by atoms with Gasteiger partial charge in [-0.1, -0.05) is 43.7 Å². The third kappa shape index (κ3) is 2.50. The molecule has 2 saturated heterocycles. The van der Waals surface area contributed by atoms with Gasteiger partial charge in [-0.25, -0.2) is 4.79 Å². The molecule has 0 radical (unpaired) electrons. The average molecular weight is 302 g/mol. The van der Waals surface area contributed by atoms with E-state index < -0.39 is 5.54 Å². The van der Waals surface area contributed by atoms with Gasteiger partial charge in [0.25, 0.3) is 5.91 Å². The zero-order chi connectivity index (χ0) is 15.6. The van der Waals surface area contributed by atoms with Gasteiger partial charge < -0.3 is 10.1 Å². The second-order valence-electron chi connectivity index (χ2n) is 6.00. The smallest absolute Gasteiger partial charge is 0.325 e. The molecule has 0 saturated carbocycles. The molecule has 2 fully saturated rings. The van der Waals surface area contributed by atoms with Crippen LogP contribution in [0.1, 0.15) is 38.2 Å². The molecule has 2 heterocycles. The van der Waals surface area contributed by atoms with Crippen LogP contribution in [0.15, 0.2) is 30.3 Å². The number of urea groups is 1. The van der Waals surface area contributed by atoms with Gasteiger partial charge in [0, 0.05) is 6.61 Å². The molecule has 2 aliphatic heterocycles. The maximum Gasteiger partial charge on any atom is 0.325 e. The lowest BCUT2D eigenvalue weighted by Gasteiger charge is -2.27.